The molecule has 0 aliphatic carbocycles. The second-order valence-corrected chi connectivity index (χ2v) is 7.31. The van der Waals surface area contributed by atoms with Crippen molar-refractivity contribution in [1.82, 2.24) is 15.6 Å². The Balaban J connectivity index is 0.00000364. The molecule has 0 unspecified atom stereocenters. The Morgan fingerprint density at radius 1 is 1.22 bits per heavy atom. The molecule has 1 heterocycles. The van der Waals surface area contributed by atoms with Crippen molar-refractivity contribution in [2.75, 3.05) is 12.4 Å². The van der Waals surface area contributed by atoms with Crippen LogP contribution in [0, 0.1) is 13.8 Å². The normalized spacial score (nSPS) is 10.9. The molecular weight excluding hydrogens is 473 g/mol. The first kappa shape index (κ1) is 23.4. The number of rotatable bonds is 7. The number of hydrogen-bond acceptors (Lipinski definition) is 4. The van der Waals surface area contributed by atoms with Gasteiger partial charge in [0, 0.05) is 30.6 Å². The number of benzene rings is 1. The Morgan fingerprint density at radius 3 is 2.59 bits per heavy atom. The van der Waals surface area contributed by atoms with Crippen LogP contribution < -0.4 is 16.0 Å². The molecule has 0 fully saturated rings. The molecule has 8 heteroatoms. The first-order valence-electron chi connectivity index (χ1n) is 8.78. The number of nitrogens with zero attached hydrogens (tertiary/aromatic N) is 2. The van der Waals surface area contributed by atoms with Crippen LogP contribution in [0.3, 0.4) is 0 Å². The number of guanidine groups is 1. The number of carbonyl (C=O) groups excluding carboxylic acids is 1. The molecule has 6 nitrogen and oxygen atoms in total. The van der Waals surface area contributed by atoms with Crippen molar-refractivity contribution in [3.05, 3.63) is 45.4 Å². The molecule has 0 radical (unpaired) electrons. The summed E-state index contributed by atoms with van der Waals surface area (Å²) in [4.78, 5) is 21.6. The third kappa shape index (κ3) is 7.84. The van der Waals surface area contributed by atoms with Gasteiger partial charge in [-0.05, 0) is 38.0 Å². The van der Waals surface area contributed by atoms with Crippen molar-refractivity contribution in [3.63, 3.8) is 0 Å². The van der Waals surface area contributed by atoms with Gasteiger partial charge in [-0.25, -0.2) is 4.98 Å². The predicted octanol–water partition coefficient (Wildman–Crippen LogP) is 3.98. The van der Waals surface area contributed by atoms with E-state index in [0.717, 1.165) is 34.3 Å². The number of carbonyl (C=O) groups is 1. The summed E-state index contributed by atoms with van der Waals surface area (Å²) in [5.74, 6) is 0.779. The molecule has 0 spiro atoms. The lowest BCUT2D eigenvalue weighted by Crippen LogP contribution is -2.36. The summed E-state index contributed by atoms with van der Waals surface area (Å²) in [6.07, 6.45) is 1.38. The van der Waals surface area contributed by atoms with Crippen LogP contribution in [0.4, 0.5) is 5.69 Å². The van der Waals surface area contributed by atoms with Gasteiger partial charge < -0.3 is 16.0 Å². The Hall–Kier alpha value is -1.68. The van der Waals surface area contributed by atoms with Gasteiger partial charge in [-0.1, -0.05) is 19.1 Å². The van der Waals surface area contributed by atoms with E-state index in [9.17, 15) is 4.79 Å². The second-order valence-electron chi connectivity index (χ2n) is 6.02. The average Bonchev–Trinajstić information content (AvgIpc) is 2.93. The Bertz CT molecular complexity index is 775. The molecule has 0 saturated carbocycles. The third-order valence-electron chi connectivity index (χ3n) is 3.79. The summed E-state index contributed by atoms with van der Waals surface area (Å²) in [5, 5.41) is 10.6. The number of amides is 1. The largest absolute Gasteiger partial charge is 0.352 e. The molecule has 1 amide bonds. The van der Waals surface area contributed by atoms with Crippen LogP contribution in [0.5, 0.6) is 0 Å². The summed E-state index contributed by atoms with van der Waals surface area (Å²) in [5.41, 5.74) is 2.96. The third-order valence-corrected chi connectivity index (χ3v) is 4.86. The van der Waals surface area contributed by atoms with Gasteiger partial charge in [0.1, 0.15) is 0 Å². The minimum atomic E-state index is 0. The number of aromatic nitrogens is 1. The van der Waals surface area contributed by atoms with E-state index in [-0.39, 0.29) is 29.9 Å². The summed E-state index contributed by atoms with van der Waals surface area (Å²) in [7, 11) is 1.75. The molecule has 0 atom stereocenters. The Morgan fingerprint density at radius 2 is 1.96 bits per heavy atom. The second kappa shape index (κ2) is 11.9. The molecule has 1 aromatic carbocycles. The van der Waals surface area contributed by atoms with Gasteiger partial charge in [0.15, 0.2) is 5.96 Å². The van der Waals surface area contributed by atoms with E-state index >= 15 is 0 Å². The summed E-state index contributed by atoms with van der Waals surface area (Å²) < 4.78 is 0. The minimum Gasteiger partial charge on any atom is -0.352 e. The molecule has 2 rings (SSSR count). The lowest BCUT2D eigenvalue weighted by Gasteiger charge is -2.12. The van der Waals surface area contributed by atoms with Crippen molar-refractivity contribution in [3.8, 4) is 0 Å². The van der Waals surface area contributed by atoms with Crippen LogP contribution in [0.15, 0.2) is 29.3 Å². The molecule has 0 bridgehead atoms. The van der Waals surface area contributed by atoms with Crippen LogP contribution in [0.25, 0.3) is 0 Å². The van der Waals surface area contributed by atoms with E-state index in [0.29, 0.717) is 19.5 Å². The smallest absolute Gasteiger partial charge is 0.224 e. The molecule has 0 aliphatic rings. The standard InChI is InChI=1S/C19H27N5OS.HI/c1-5-7-18(25)24-16-9-6-8-15(10-16)11-21-19(20-4)22-12-17-13(2)23-14(3)26-17;/h6,8-10H,5,7,11-12H2,1-4H3,(H,24,25)(H2,20,21,22);1H. The number of thiazole rings is 1. The summed E-state index contributed by atoms with van der Waals surface area (Å²) >= 11 is 1.70. The zero-order valence-corrected chi connectivity index (χ0v) is 19.4. The fourth-order valence-corrected chi connectivity index (χ4v) is 3.39. The molecular formula is C19H28IN5OS. The fraction of sp³-hybridized carbons (Fsp3) is 0.421. The fourth-order valence-electron chi connectivity index (χ4n) is 2.52. The maximum Gasteiger partial charge on any atom is 0.224 e. The van der Waals surface area contributed by atoms with E-state index in [4.69, 9.17) is 0 Å². The first-order valence-corrected chi connectivity index (χ1v) is 9.59. The van der Waals surface area contributed by atoms with E-state index in [2.05, 4.69) is 25.9 Å². The number of halogens is 1. The van der Waals surface area contributed by atoms with Crippen LogP contribution in [-0.2, 0) is 17.9 Å². The molecule has 3 N–H and O–H groups in total. The van der Waals surface area contributed by atoms with E-state index in [1.165, 1.54) is 4.88 Å². The van der Waals surface area contributed by atoms with E-state index in [1.807, 2.05) is 45.0 Å². The highest BCUT2D eigenvalue weighted by molar-refractivity contribution is 14.0. The van der Waals surface area contributed by atoms with Gasteiger partial charge >= 0.3 is 0 Å². The molecule has 27 heavy (non-hydrogen) atoms. The van der Waals surface area contributed by atoms with Crippen LogP contribution in [-0.4, -0.2) is 23.9 Å². The highest BCUT2D eigenvalue weighted by Crippen LogP contribution is 2.16. The monoisotopic (exact) mass is 501 g/mol. The van der Waals surface area contributed by atoms with E-state index in [1.54, 1.807) is 18.4 Å². The minimum absolute atomic E-state index is 0. The van der Waals surface area contributed by atoms with Gasteiger partial charge in [-0.2, -0.15) is 0 Å². The lowest BCUT2D eigenvalue weighted by molar-refractivity contribution is -0.116. The van der Waals surface area contributed by atoms with Gasteiger partial charge in [0.2, 0.25) is 5.91 Å². The van der Waals surface area contributed by atoms with Crippen LogP contribution in [0.2, 0.25) is 0 Å². The van der Waals surface area contributed by atoms with Crippen molar-refractivity contribution in [2.24, 2.45) is 4.99 Å². The van der Waals surface area contributed by atoms with Crippen molar-refractivity contribution in [2.45, 2.75) is 46.7 Å². The summed E-state index contributed by atoms with van der Waals surface area (Å²) in [6.45, 7) is 7.35. The van der Waals surface area contributed by atoms with Crippen LogP contribution in [0.1, 0.15) is 40.9 Å². The molecule has 0 saturated heterocycles. The summed E-state index contributed by atoms with van der Waals surface area (Å²) in [6, 6.07) is 7.84. The topological polar surface area (TPSA) is 78.4 Å². The lowest BCUT2D eigenvalue weighted by atomic mass is 10.2. The number of anilines is 1. The molecule has 2 aromatic rings. The van der Waals surface area contributed by atoms with Crippen molar-refractivity contribution >= 4 is 52.9 Å². The number of aryl methyl sites for hydroxylation is 2. The van der Waals surface area contributed by atoms with Gasteiger partial charge in [0.25, 0.3) is 0 Å². The zero-order chi connectivity index (χ0) is 18.9. The molecule has 1 aromatic heterocycles. The van der Waals surface area contributed by atoms with Crippen molar-refractivity contribution in [1.29, 1.82) is 0 Å². The number of nitrogens with one attached hydrogen (secondary N) is 3. The highest BCUT2D eigenvalue weighted by Gasteiger charge is 2.06. The molecule has 148 valence electrons. The first-order chi connectivity index (χ1) is 12.5. The van der Waals surface area contributed by atoms with Gasteiger partial charge in [0.05, 0.1) is 17.2 Å². The SMILES string of the molecule is CCCC(=O)Nc1cccc(CNC(=NC)NCc2sc(C)nc2C)c1.I. The number of hydrogen-bond donors (Lipinski definition) is 3. The predicted molar refractivity (Wildman–Crippen MR) is 124 cm³/mol. The van der Waals surface area contributed by atoms with Gasteiger partial charge in [-0.15, -0.1) is 35.3 Å². The van der Waals surface area contributed by atoms with Crippen molar-refractivity contribution < 1.29 is 4.79 Å². The Kier molecular flexibility index (Phi) is 10.3. The van der Waals surface area contributed by atoms with Crippen LogP contribution >= 0.6 is 35.3 Å². The quantitative estimate of drug-likeness (QED) is 0.305. The van der Waals surface area contributed by atoms with Gasteiger partial charge in [-0.3, -0.25) is 9.79 Å². The van der Waals surface area contributed by atoms with E-state index < -0.39 is 0 Å². The average molecular weight is 501 g/mol. The number of aliphatic imine (C=N–C) groups is 1. The maximum atomic E-state index is 11.7. The highest BCUT2D eigenvalue weighted by atomic mass is 127. The Labute approximate surface area is 182 Å². The zero-order valence-electron chi connectivity index (χ0n) is 16.3. The molecule has 0 aliphatic heterocycles. The maximum absolute atomic E-state index is 11.7.